The monoisotopic (exact) mass is 672 g/mol. The van der Waals surface area contributed by atoms with Crippen LogP contribution in [0.4, 0.5) is 0 Å². The first-order chi connectivity index (χ1) is 26.3. The van der Waals surface area contributed by atoms with Crippen molar-refractivity contribution in [2.24, 2.45) is 0 Å². The van der Waals surface area contributed by atoms with Crippen molar-refractivity contribution >= 4 is 65.0 Å². The number of benzene rings is 10. The molecule has 1 nitrogen and oxygen atoms in total. The molecule has 0 saturated carbocycles. The molecule has 0 spiro atoms. The molecule has 1 heterocycles. The Morgan fingerprint density at radius 2 is 0.811 bits per heavy atom. The van der Waals surface area contributed by atoms with E-state index in [9.17, 15) is 0 Å². The lowest BCUT2D eigenvalue weighted by molar-refractivity contribution is 0.669. The van der Waals surface area contributed by atoms with Gasteiger partial charge in [0.15, 0.2) is 0 Å². The minimum atomic E-state index is 0.894. The van der Waals surface area contributed by atoms with Crippen LogP contribution in [0.5, 0.6) is 0 Å². The van der Waals surface area contributed by atoms with Gasteiger partial charge in [0.1, 0.15) is 11.2 Å². The van der Waals surface area contributed by atoms with E-state index in [4.69, 9.17) is 4.42 Å². The summed E-state index contributed by atoms with van der Waals surface area (Å²) in [7, 11) is 0. The van der Waals surface area contributed by atoms with Crippen LogP contribution in [0, 0.1) is 0 Å². The summed E-state index contributed by atoms with van der Waals surface area (Å²) >= 11 is 0. The van der Waals surface area contributed by atoms with Crippen molar-refractivity contribution in [3.05, 3.63) is 194 Å². The van der Waals surface area contributed by atoms with Crippen molar-refractivity contribution in [3.63, 3.8) is 0 Å². The van der Waals surface area contributed by atoms with Gasteiger partial charge in [0.05, 0.1) is 0 Å². The fourth-order valence-corrected chi connectivity index (χ4v) is 8.79. The van der Waals surface area contributed by atoms with Crippen LogP contribution in [0.3, 0.4) is 0 Å². The molecular formula is C52H32O. The molecule has 0 aliphatic rings. The highest BCUT2D eigenvalue weighted by Crippen LogP contribution is 2.49. The zero-order chi connectivity index (χ0) is 34.9. The summed E-state index contributed by atoms with van der Waals surface area (Å²) in [6.45, 7) is 0. The van der Waals surface area contributed by atoms with Gasteiger partial charge < -0.3 is 4.42 Å². The first-order valence-corrected chi connectivity index (χ1v) is 18.3. The molecule has 1 aromatic heterocycles. The Labute approximate surface area is 307 Å². The second-order valence-corrected chi connectivity index (χ2v) is 13.9. The Bertz CT molecular complexity index is 3160. The molecule has 10 aromatic carbocycles. The Morgan fingerprint density at radius 3 is 1.53 bits per heavy atom. The molecule has 1 heteroatoms. The molecule has 11 rings (SSSR count). The Hall–Kier alpha value is -6.96. The molecule has 0 unspecified atom stereocenters. The summed E-state index contributed by atoms with van der Waals surface area (Å²) in [6, 6.07) is 70.6. The largest absolute Gasteiger partial charge is 0.456 e. The quantitative estimate of drug-likeness (QED) is 0.170. The van der Waals surface area contributed by atoms with Crippen molar-refractivity contribution in [1.29, 1.82) is 0 Å². The van der Waals surface area contributed by atoms with E-state index < -0.39 is 0 Å². The van der Waals surface area contributed by atoms with Gasteiger partial charge >= 0.3 is 0 Å². The predicted octanol–water partition coefficient (Wildman–Crippen LogP) is 14.9. The van der Waals surface area contributed by atoms with E-state index in [1.54, 1.807) is 0 Å². The number of hydrogen-bond acceptors (Lipinski definition) is 1. The second-order valence-electron chi connectivity index (χ2n) is 13.9. The average Bonchev–Trinajstić information content (AvgIpc) is 3.61. The van der Waals surface area contributed by atoms with Crippen molar-refractivity contribution in [3.8, 4) is 44.5 Å². The van der Waals surface area contributed by atoms with Crippen LogP contribution in [0.2, 0.25) is 0 Å². The van der Waals surface area contributed by atoms with E-state index in [2.05, 4.69) is 194 Å². The third-order valence-electron chi connectivity index (χ3n) is 11.0. The lowest BCUT2D eigenvalue weighted by atomic mass is 9.82. The SMILES string of the molecule is c1ccc(-c2ccc3oc4ccccc4c3c2-c2cc(-c3c4ccccc4c(-c4cccc5ccccc45)c4ccccc34)cc3ccccc23)cc1. The molecule has 0 aliphatic heterocycles. The van der Waals surface area contributed by atoms with Gasteiger partial charge in [0.2, 0.25) is 0 Å². The summed E-state index contributed by atoms with van der Waals surface area (Å²) in [6.07, 6.45) is 0. The standard InChI is InChI=1S/C52H32O/c1-2-15-34(16-3-1)39-29-30-48-52(45-26-12-13-28-47(45)53-48)51(39)46-32-36(31-35-18-5-7-21-38(35)46)49-41-22-8-10-24-43(41)50(44-25-11-9-23-42(44)49)40-27-14-19-33-17-4-6-20-37(33)40/h1-32H. The van der Waals surface area contributed by atoms with Crippen LogP contribution in [-0.2, 0) is 0 Å². The Kier molecular flexibility index (Phi) is 6.62. The van der Waals surface area contributed by atoms with Crippen LogP contribution >= 0.6 is 0 Å². The zero-order valence-corrected chi connectivity index (χ0v) is 28.9. The van der Waals surface area contributed by atoms with E-state index in [-0.39, 0.29) is 0 Å². The van der Waals surface area contributed by atoms with Crippen molar-refractivity contribution in [2.75, 3.05) is 0 Å². The van der Waals surface area contributed by atoms with Crippen molar-refractivity contribution in [1.82, 2.24) is 0 Å². The lowest BCUT2D eigenvalue weighted by Crippen LogP contribution is -1.93. The molecule has 11 aromatic rings. The fraction of sp³-hybridized carbons (Fsp3) is 0. The number of rotatable bonds is 4. The molecule has 0 amide bonds. The van der Waals surface area contributed by atoms with Gasteiger partial charge in [0.25, 0.3) is 0 Å². The molecule has 0 fully saturated rings. The van der Waals surface area contributed by atoms with E-state index in [0.29, 0.717) is 0 Å². The topological polar surface area (TPSA) is 13.1 Å². The molecule has 246 valence electrons. The molecule has 0 bridgehead atoms. The minimum absolute atomic E-state index is 0.894. The summed E-state index contributed by atoms with van der Waals surface area (Å²) < 4.78 is 6.53. The van der Waals surface area contributed by atoms with Gasteiger partial charge in [-0.25, -0.2) is 0 Å². The van der Waals surface area contributed by atoms with E-state index >= 15 is 0 Å². The van der Waals surface area contributed by atoms with E-state index in [1.807, 2.05) is 0 Å². The Balaban J connectivity index is 1.29. The summed E-state index contributed by atoms with van der Waals surface area (Å²) in [5.41, 5.74) is 11.5. The maximum absolute atomic E-state index is 6.53. The van der Waals surface area contributed by atoms with Crippen molar-refractivity contribution in [2.45, 2.75) is 0 Å². The van der Waals surface area contributed by atoms with Crippen LogP contribution in [0.1, 0.15) is 0 Å². The summed E-state index contributed by atoms with van der Waals surface area (Å²) in [5.74, 6) is 0. The normalized spacial score (nSPS) is 11.8. The van der Waals surface area contributed by atoms with Gasteiger partial charge in [-0.15, -0.1) is 0 Å². The van der Waals surface area contributed by atoms with Gasteiger partial charge in [-0.05, 0) is 106 Å². The molecule has 53 heavy (non-hydrogen) atoms. The molecule has 0 saturated heterocycles. The average molecular weight is 673 g/mol. The number of para-hydroxylation sites is 1. The van der Waals surface area contributed by atoms with Crippen LogP contribution < -0.4 is 0 Å². The van der Waals surface area contributed by atoms with Gasteiger partial charge in [0, 0.05) is 16.3 Å². The van der Waals surface area contributed by atoms with Crippen LogP contribution in [-0.4, -0.2) is 0 Å². The van der Waals surface area contributed by atoms with E-state index in [0.717, 1.165) is 21.9 Å². The fourth-order valence-electron chi connectivity index (χ4n) is 8.79. The van der Waals surface area contributed by atoms with Crippen molar-refractivity contribution < 1.29 is 4.42 Å². The van der Waals surface area contributed by atoms with Gasteiger partial charge in [-0.2, -0.15) is 0 Å². The van der Waals surface area contributed by atoms with E-state index in [1.165, 1.54) is 87.6 Å². The highest BCUT2D eigenvalue weighted by Gasteiger charge is 2.22. The van der Waals surface area contributed by atoms with Gasteiger partial charge in [-0.3, -0.25) is 0 Å². The number of fused-ring (bicyclic) bond motifs is 7. The third-order valence-corrected chi connectivity index (χ3v) is 11.0. The summed E-state index contributed by atoms with van der Waals surface area (Å²) in [5, 5.41) is 12.2. The highest BCUT2D eigenvalue weighted by atomic mass is 16.3. The molecule has 0 radical (unpaired) electrons. The third kappa shape index (κ3) is 4.58. The first kappa shape index (κ1) is 29.7. The number of furan rings is 1. The van der Waals surface area contributed by atoms with Crippen LogP contribution in [0.15, 0.2) is 199 Å². The molecule has 0 atom stereocenters. The molecule has 0 N–H and O–H groups in total. The molecular weight excluding hydrogens is 641 g/mol. The Morgan fingerprint density at radius 1 is 0.264 bits per heavy atom. The second kappa shape index (κ2) is 11.8. The number of hydrogen-bond donors (Lipinski definition) is 0. The van der Waals surface area contributed by atoms with Gasteiger partial charge in [-0.1, -0.05) is 170 Å². The maximum atomic E-state index is 6.53. The minimum Gasteiger partial charge on any atom is -0.456 e. The predicted molar refractivity (Wildman–Crippen MR) is 225 cm³/mol. The van der Waals surface area contributed by atoms with Crippen LogP contribution in [0.25, 0.3) is 110 Å². The highest BCUT2D eigenvalue weighted by molar-refractivity contribution is 6.25. The summed E-state index contributed by atoms with van der Waals surface area (Å²) in [4.78, 5) is 0. The molecule has 0 aliphatic carbocycles. The zero-order valence-electron chi connectivity index (χ0n) is 28.9. The smallest absolute Gasteiger partial charge is 0.136 e. The maximum Gasteiger partial charge on any atom is 0.136 e. The lowest BCUT2D eigenvalue weighted by Gasteiger charge is -2.20. The first-order valence-electron chi connectivity index (χ1n) is 18.3.